The number of methoxy groups -OCH3 is 1. The van der Waals surface area contributed by atoms with Crippen molar-refractivity contribution in [2.45, 2.75) is 32.2 Å². The zero-order valence-electron chi connectivity index (χ0n) is 10.5. The minimum Gasteiger partial charge on any atom is -0.497 e. The third kappa shape index (κ3) is 3.17. The zero-order chi connectivity index (χ0) is 12.5. The molecular weight excluding hydrogens is 232 g/mol. The van der Waals surface area contributed by atoms with Crippen molar-refractivity contribution >= 4 is 21.6 Å². The number of nitrogens with two attached hydrogens (primary N) is 1. The zero-order valence-corrected chi connectivity index (χ0v) is 11.3. The van der Waals surface area contributed by atoms with Gasteiger partial charge in [0.25, 0.3) is 0 Å². The first-order chi connectivity index (χ1) is 7.98. The Kier molecular flexibility index (Phi) is 3.35. The standard InChI is InChI=1S/C13H18N2OS/c1-13(2,14)7-6-12-15-10-5-4-9(16-3)8-11(10)17-12/h4-5,8H,6-7,14H2,1-3H3. The van der Waals surface area contributed by atoms with E-state index in [0.29, 0.717) is 0 Å². The summed E-state index contributed by atoms with van der Waals surface area (Å²) in [6, 6.07) is 5.98. The molecule has 1 aromatic carbocycles. The maximum absolute atomic E-state index is 5.98. The summed E-state index contributed by atoms with van der Waals surface area (Å²) in [5, 5.41) is 1.15. The lowest BCUT2D eigenvalue weighted by Gasteiger charge is -2.16. The summed E-state index contributed by atoms with van der Waals surface area (Å²) in [6.45, 7) is 4.09. The highest BCUT2D eigenvalue weighted by atomic mass is 32.1. The minimum absolute atomic E-state index is 0.129. The Hall–Kier alpha value is -1.13. The van der Waals surface area contributed by atoms with Gasteiger partial charge in [0.1, 0.15) is 5.75 Å². The van der Waals surface area contributed by atoms with E-state index in [2.05, 4.69) is 4.98 Å². The number of ether oxygens (including phenoxy) is 1. The van der Waals surface area contributed by atoms with Crippen molar-refractivity contribution in [1.29, 1.82) is 0 Å². The number of benzene rings is 1. The van der Waals surface area contributed by atoms with Gasteiger partial charge in [0.15, 0.2) is 0 Å². The first-order valence-electron chi connectivity index (χ1n) is 5.70. The number of rotatable bonds is 4. The molecule has 0 aliphatic heterocycles. The van der Waals surface area contributed by atoms with Crippen molar-refractivity contribution in [1.82, 2.24) is 4.98 Å². The van der Waals surface area contributed by atoms with Crippen LogP contribution in [0.1, 0.15) is 25.3 Å². The normalized spacial score (nSPS) is 12.0. The maximum Gasteiger partial charge on any atom is 0.120 e. The molecule has 0 amide bonds. The number of thiazole rings is 1. The summed E-state index contributed by atoms with van der Waals surface area (Å²) in [4.78, 5) is 4.60. The van der Waals surface area contributed by atoms with Gasteiger partial charge < -0.3 is 10.5 Å². The number of hydrogen-bond acceptors (Lipinski definition) is 4. The van der Waals surface area contributed by atoms with E-state index in [4.69, 9.17) is 10.5 Å². The molecule has 0 atom stereocenters. The van der Waals surface area contributed by atoms with Gasteiger partial charge in [-0.2, -0.15) is 0 Å². The van der Waals surface area contributed by atoms with E-state index in [1.807, 2.05) is 32.0 Å². The number of aromatic nitrogens is 1. The maximum atomic E-state index is 5.98. The summed E-state index contributed by atoms with van der Waals surface area (Å²) in [7, 11) is 1.68. The van der Waals surface area contributed by atoms with Crippen LogP contribution in [0.4, 0.5) is 0 Å². The van der Waals surface area contributed by atoms with Crippen LogP contribution in [-0.2, 0) is 6.42 Å². The molecular formula is C13H18N2OS. The Morgan fingerprint density at radius 1 is 1.41 bits per heavy atom. The van der Waals surface area contributed by atoms with Gasteiger partial charge in [-0.05, 0) is 38.5 Å². The van der Waals surface area contributed by atoms with E-state index >= 15 is 0 Å². The molecule has 0 aliphatic carbocycles. The fourth-order valence-electron chi connectivity index (χ4n) is 1.62. The molecule has 1 aromatic heterocycles. The number of fused-ring (bicyclic) bond motifs is 1. The third-order valence-electron chi connectivity index (χ3n) is 2.62. The fraction of sp³-hybridized carbons (Fsp3) is 0.462. The lowest BCUT2D eigenvalue weighted by molar-refractivity contribution is 0.415. The smallest absolute Gasteiger partial charge is 0.120 e. The molecule has 2 aromatic rings. The molecule has 0 radical (unpaired) electrons. The Bertz CT molecular complexity index is 514. The van der Waals surface area contributed by atoms with Crippen molar-refractivity contribution in [3.05, 3.63) is 23.2 Å². The van der Waals surface area contributed by atoms with Crippen molar-refractivity contribution < 1.29 is 4.74 Å². The van der Waals surface area contributed by atoms with Crippen molar-refractivity contribution in [2.24, 2.45) is 5.73 Å². The van der Waals surface area contributed by atoms with Gasteiger partial charge >= 0.3 is 0 Å². The van der Waals surface area contributed by atoms with Crippen LogP contribution in [0, 0.1) is 0 Å². The molecule has 0 saturated heterocycles. The van der Waals surface area contributed by atoms with Gasteiger partial charge in [-0.15, -0.1) is 11.3 Å². The molecule has 4 heteroatoms. The average molecular weight is 250 g/mol. The molecule has 0 aliphatic rings. The molecule has 1 heterocycles. The quantitative estimate of drug-likeness (QED) is 0.907. The van der Waals surface area contributed by atoms with E-state index < -0.39 is 0 Å². The molecule has 3 nitrogen and oxygen atoms in total. The summed E-state index contributed by atoms with van der Waals surface area (Å²) in [6.07, 6.45) is 1.88. The van der Waals surface area contributed by atoms with E-state index in [1.54, 1.807) is 18.4 Å². The van der Waals surface area contributed by atoms with E-state index in [-0.39, 0.29) is 5.54 Å². The van der Waals surface area contributed by atoms with Crippen LogP contribution in [0.15, 0.2) is 18.2 Å². The first kappa shape index (κ1) is 12.3. The fourth-order valence-corrected chi connectivity index (χ4v) is 2.61. The minimum atomic E-state index is -0.129. The average Bonchev–Trinajstić information content (AvgIpc) is 2.66. The van der Waals surface area contributed by atoms with Gasteiger partial charge in [-0.25, -0.2) is 4.98 Å². The Morgan fingerprint density at radius 3 is 2.82 bits per heavy atom. The van der Waals surface area contributed by atoms with E-state index in [0.717, 1.165) is 29.1 Å². The topological polar surface area (TPSA) is 48.1 Å². The van der Waals surface area contributed by atoms with Crippen LogP contribution in [0.3, 0.4) is 0 Å². The second-order valence-electron chi connectivity index (χ2n) is 4.93. The predicted molar refractivity (Wildman–Crippen MR) is 72.8 cm³/mol. The highest BCUT2D eigenvalue weighted by Gasteiger charge is 2.12. The SMILES string of the molecule is COc1ccc2nc(CCC(C)(C)N)sc2c1. The van der Waals surface area contributed by atoms with Crippen LogP contribution < -0.4 is 10.5 Å². The van der Waals surface area contributed by atoms with E-state index in [1.165, 1.54) is 4.70 Å². The molecule has 92 valence electrons. The summed E-state index contributed by atoms with van der Waals surface area (Å²) < 4.78 is 6.38. The van der Waals surface area contributed by atoms with Crippen molar-refractivity contribution in [2.75, 3.05) is 7.11 Å². The summed E-state index contributed by atoms with van der Waals surface area (Å²) in [5.74, 6) is 0.881. The van der Waals surface area contributed by atoms with Gasteiger partial charge in [0.05, 0.1) is 22.3 Å². The van der Waals surface area contributed by atoms with E-state index in [9.17, 15) is 0 Å². The van der Waals surface area contributed by atoms with Crippen LogP contribution >= 0.6 is 11.3 Å². The molecule has 17 heavy (non-hydrogen) atoms. The molecule has 2 N–H and O–H groups in total. The van der Waals surface area contributed by atoms with Crippen LogP contribution in [0.2, 0.25) is 0 Å². The Balaban J connectivity index is 2.20. The molecule has 0 unspecified atom stereocenters. The second-order valence-corrected chi connectivity index (χ2v) is 6.05. The number of hydrogen-bond donors (Lipinski definition) is 1. The van der Waals surface area contributed by atoms with Crippen LogP contribution in [-0.4, -0.2) is 17.6 Å². The Morgan fingerprint density at radius 2 is 2.18 bits per heavy atom. The summed E-state index contributed by atoms with van der Waals surface area (Å²) >= 11 is 1.72. The molecule has 0 fully saturated rings. The largest absolute Gasteiger partial charge is 0.497 e. The number of nitrogens with zero attached hydrogens (tertiary/aromatic N) is 1. The number of aryl methyl sites for hydroxylation is 1. The predicted octanol–water partition coefficient (Wildman–Crippen LogP) is 2.97. The molecule has 0 spiro atoms. The van der Waals surface area contributed by atoms with Gasteiger partial charge in [-0.1, -0.05) is 0 Å². The third-order valence-corrected chi connectivity index (χ3v) is 3.70. The van der Waals surface area contributed by atoms with Gasteiger partial charge in [0.2, 0.25) is 0 Å². The van der Waals surface area contributed by atoms with Crippen LogP contribution in [0.25, 0.3) is 10.2 Å². The highest BCUT2D eigenvalue weighted by Crippen LogP contribution is 2.27. The van der Waals surface area contributed by atoms with Crippen LogP contribution in [0.5, 0.6) is 5.75 Å². The van der Waals surface area contributed by atoms with Gasteiger partial charge in [0, 0.05) is 12.0 Å². The Labute approximate surface area is 106 Å². The summed E-state index contributed by atoms with van der Waals surface area (Å²) in [5.41, 5.74) is 6.89. The lowest BCUT2D eigenvalue weighted by Crippen LogP contribution is -2.32. The monoisotopic (exact) mass is 250 g/mol. The second kappa shape index (κ2) is 4.63. The van der Waals surface area contributed by atoms with Crippen molar-refractivity contribution in [3.8, 4) is 5.75 Å². The van der Waals surface area contributed by atoms with Gasteiger partial charge in [-0.3, -0.25) is 0 Å². The lowest BCUT2D eigenvalue weighted by atomic mass is 10.0. The highest BCUT2D eigenvalue weighted by molar-refractivity contribution is 7.18. The molecule has 0 bridgehead atoms. The van der Waals surface area contributed by atoms with Crippen molar-refractivity contribution in [3.63, 3.8) is 0 Å². The molecule has 2 rings (SSSR count). The first-order valence-corrected chi connectivity index (χ1v) is 6.52. The molecule has 0 saturated carbocycles.